The number of hydrogen-bond acceptors (Lipinski definition) is 3. The third-order valence-corrected chi connectivity index (χ3v) is 3.68. The number of rotatable bonds is 3. The maximum atomic E-state index is 12.1. The summed E-state index contributed by atoms with van der Waals surface area (Å²) in [6.45, 7) is 0. The monoisotopic (exact) mass is 268 g/mol. The number of cyclic esters (lactones) is 1. The van der Waals surface area contributed by atoms with Gasteiger partial charge in [-0.1, -0.05) is 42.5 Å². The number of ether oxygens (including phenoxy) is 2. The Kier molecular flexibility index (Phi) is 3.42. The average Bonchev–Trinajstić information content (AvgIpc) is 2.90. The molecule has 0 aliphatic carbocycles. The van der Waals surface area contributed by atoms with Gasteiger partial charge in [0.05, 0.1) is 13.0 Å². The summed E-state index contributed by atoms with van der Waals surface area (Å²) < 4.78 is 10.6. The molecule has 1 saturated heterocycles. The second kappa shape index (κ2) is 5.37. The van der Waals surface area contributed by atoms with Crippen molar-refractivity contribution in [3.05, 3.63) is 65.7 Å². The minimum atomic E-state index is -0.189. The summed E-state index contributed by atoms with van der Waals surface area (Å²) in [7, 11) is 1.63. The zero-order valence-corrected chi connectivity index (χ0v) is 11.3. The van der Waals surface area contributed by atoms with Gasteiger partial charge in [0.15, 0.2) is 0 Å². The van der Waals surface area contributed by atoms with Crippen LogP contribution in [-0.4, -0.2) is 13.1 Å². The van der Waals surface area contributed by atoms with Gasteiger partial charge in [0.25, 0.3) is 0 Å². The highest BCUT2D eigenvalue weighted by Crippen LogP contribution is 2.39. The maximum Gasteiger partial charge on any atom is 0.314 e. The maximum absolute atomic E-state index is 12.1. The first-order valence-electron chi connectivity index (χ1n) is 6.67. The molecule has 1 aliphatic rings. The summed E-state index contributed by atoms with van der Waals surface area (Å²) in [4.78, 5) is 12.1. The van der Waals surface area contributed by atoms with Crippen molar-refractivity contribution in [1.82, 2.24) is 0 Å². The minimum Gasteiger partial charge on any atom is -0.497 e. The SMILES string of the molecule is COc1ccc([C@H]2C[C@@H](c3ccccc3)OC2=O)cc1. The van der Waals surface area contributed by atoms with E-state index in [-0.39, 0.29) is 18.0 Å². The Balaban J connectivity index is 1.80. The van der Waals surface area contributed by atoms with Gasteiger partial charge in [0.2, 0.25) is 0 Å². The molecular formula is C17H16O3. The Morgan fingerprint density at radius 3 is 2.35 bits per heavy atom. The van der Waals surface area contributed by atoms with Gasteiger partial charge in [-0.15, -0.1) is 0 Å². The van der Waals surface area contributed by atoms with E-state index in [9.17, 15) is 4.79 Å². The van der Waals surface area contributed by atoms with E-state index in [1.807, 2.05) is 54.6 Å². The lowest BCUT2D eigenvalue weighted by atomic mass is 9.93. The van der Waals surface area contributed by atoms with Crippen LogP contribution in [0.5, 0.6) is 5.75 Å². The molecule has 20 heavy (non-hydrogen) atoms. The van der Waals surface area contributed by atoms with E-state index in [0.29, 0.717) is 6.42 Å². The van der Waals surface area contributed by atoms with Crippen molar-refractivity contribution >= 4 is 5.97 Å². The van der Waals surface area contributed by atoms with Crippen LogP contribution in [0.2, 0.25) is 0 Å². The van der Waals surface area contributed by atoms with Crippen molar-refractivity contribution in [2.24, 2.45) is 0 Å². The lowest BCUT2D eigenvalue weighted by molar-refractivity contribution is -0.142. The standard InChI is InChI=1S/C17H16O3/c1-19-14-9-7-12(8-10-14)15-11-16(20-17(15)18)13-5-3-2-4-6-13/h2-10,15-16H,11H2,1H3/t15-,16+/m1/s1. The van der Waals surface area contributed by atoms with Gasteiger partial charge in [-0.25, -0.2) is 0 Å². The summed E-state index contributed by atoms with van der Waals surface area (Å²) in [6, 6.07) is 17.5. The predicted molar refractivity (Wildman–Crippen MR) is 75.6 cm³/mol. The van der Waals surface area contributed by atoms with Crippen molar-refractivity contribution in [3.8, 4) is 5.75 Å². The average molecular weight is 268 g/mol. The van der Waals surface area contributed by atoms with E-state index in [0.717, 1.165) is 16.9 Å². The molecule has 0 N–H and O–H groups in total. The molecule has 1 aliphatic heterocycles. The molecule has 3 heteroatoms. The van der Waals surface area contributed by atoms with Crippen LogP contribution in [0.1, 0.15) is 29.6 Å². The largest absolute Gasteiger partial charge is 0.497 e. The van der Waals surface area contributed by atoms with Gasteiger partial charge in [0.1, 0.15) is 11.9 Å². The zero-order chi connectivity index (χ0) is 13.9. The van der Waals surface area contributed by atoms with Crippen LogP contribution in [0.4, 0.5) is 0 Å². The minimum absolute atomic E-state index is 0.143. The summed E-state index contributed by atoms with van der Waals surface area (Å²) in [6.07, 6.45) is 0.547. The smallest absolute Gasteiger partial charge is 0.314 e. The molecule has 0 bridgehead atoms. The normalized spacial score (nSPS) is 21.6. The first kappa shape index (κ1) is 12.7. The number of benzene rings is 2. The molecule has 0 radical (unpaired) electrons. The lowest BCUT2D eigenvalue weighted by Gasteiger charge is -2.08. The second-order valence-electron chi connectivity index (χ2n) is 4.90. The van der Waals surface area contributed by atoms with Crippen molar-refractivity contribution in [3.63, 3.8) is 0 Å². The van der Waals surface area contributed by atoms with Gasteiger partial charge in [0, 0.05) is 6.42 Å². The zero-order valence-electron chi connectivity index (χ0n) is 11.3. The van der Waals surface area contributed by atoms with Crippen LogP contribution in [0.15, 0.2) is 54.6 Å². The summed E-state index contributed by atoms with van der Waals surface area (Å²) >= 11 is 0. The Hall–Kier alpha value is -2.29. The van der Waals surface area contributed by atoms with E-state index in [2.05, 4.69) is 0 Å². The summed E-state index contributed by atoms with van der Waals surface area (Å²) in [5.41, 5.74) is 2.03. The predicted octanol–water partition coefficient (Wildman–Crippen LogP) is 3.47. The number of carbonyl (C=O) groups is 1. The summed E-state index contributed by atoms with van der Waals surface area (Å²) in [5, 5.41) is 0. The molecule has 0 aromatic heterocycles. The van der Waals surface area contributed by atoms with Gasteiger partial charge >= 0.3 is 5.97 Å². The van der Waals surface area contributed by atoms with Gasteiger partial charge in [-0.2, -0.15) is 0 Å². The van der Waals surface area contributed by atoms with Gasteiger partial charge in [-0.05, 0) is 23.3 Å². The quantitative estimate of drug-likeness (QED) is 0.800. The highest BCUT2D eigenvalue weighted by atomic mass is 16.6. The first-order chi connectivity index (χ1) is 9.78. The number of esters is 1. The fourth-order valence-corrected chi connectivity index (χ4v) is 2.56. The molecule has 2 atom stereocenters. The van der Waals surface area contributed by atoms with Crippen LogP contribution in [-0.2, 0) is 9.53 Å². The number of carbonyl (C=O) groups excluding carboxylic acids is 1. The van der Waals surface area contributed by atoms with E-state index in [1.165, 1.54) is 0 Å². The lowest BCUT2D eigenvalue weighted by Crippen LogP contribution is -2.05. The van der Waals surface area contributed by atoms with Gasteiger partial charge in [-0.3, -0.25) is 4.79 Å². The van der Waals surface area contributed by atoms with Crippen molar-refractivity contribution < 1.29 is 14.3 Å². The highest BCUT2D eigenvalue weighted by Gasteiger charge is 2.36. The van der Waals surface area contributed by atoms with Gasteiger partial charge < -0.3 is 9.47 Å². The van der Waals surface area contributed by atoms with Crippen LogP contribution in [0.3, 0.4) is 0 Å². The summed E-state index contributed by atoms with van der Waals surface area (Å²) in [5.74, 6) is 0.454. The van der Waals surface area contributed by atoms with Crippen LogP contribution < -0.4 is 4.74 Å². The van der Waals surface area contributed by atoms with E-state index in [1.54, 1.807) is 7.11 Å². The molecule has 0 saturated carbocycles. The van der Waals surface area contributed by atoms with Crippen LogP contribution >= 0.6 is 0 Å². The topological polar surface area (TPSA) is 35.5 Å². The molecule has 102 valence electrons. The Morgan fingerprint density at radius 1 is 1.00 bits per heavy atom. The molecule has 2 aromatic carbocycles. The Labute approximate surface area is 118 Å². The number of methoxy groups -OCH3 is 1. The third-order valence-electron chi connectivity index (χ3n) is 3.68. The molecule has 0 amide bonds. The van der Waals surface area contributed by atoms with Crippen molar-refractivity contribution in [2.45, 2.75) is 18.4 Å². The number of hydrogen-bond donors (Lipinski definition) is 0. The van der Waals surface area contributed by atoms with E-state index in [4.69, 9.17) is 9.47 Å². The second-order valence-corrected chi connectivity index (χ2v) is 4.90. The molecule has 2 aromatic rings. The molecule has 0 spiro atoms. The van der Waals surface area contributed by atoms with E-state index < -0.39 is 0 Å². The van der Waals surface area contributed by atoms with Crippen LogP contribution in [0, 0.1) is 0 Å². The molecule has 0 unspecified atom stereocenters. The molecular weight excluding hydrogens is 252 g/mol. The molecule has 3 nitrogen and oxygen atoms in total. The fraction of sp³-hybridized carbons (Fsp3) is 0.235. The highest BCUT2D eigenvalue weighted by molar-refractivity contribution is 5.80. The Morgan fingerprint density at radius 2 is 1.70 bits per heavy atom. The van der Waals surface area contributed by atoms with Crippen LogP contribution in [0.25, 0.3) is 0 Å². The fourth-order valence-electron chi connectivity index (χ4n) is 2.56. The Bertz CT molecular complexity index is 589. The molecule has 3 rings (SSSR count). The molecule has 1 heterocycles. The first-order valence-corrected chi connectivity index (χ1v) is 6.67. The van der Waals surface area contributed by atoms with E-state index >= 15 is 0 Å². The molecule has 1 fully saturated rings. The van der Waals surface area contributed by atoms with Crippen molar-refractivity contribution in [2.75, 3.05) is 7.11 Å². The third kappa shape index (κ3) is 2.39. The van der Waals surface area contributed by atoms with Crippen molar-refractivity contribution in [1.29, 1.82) is 0 Å².